The van der Waals surface area contributed by atoms with E-state index in [9.17, 15) is 24.4 Å². The van der Waals surface area contributed by atoms with Crippen LogP contribution in [0.25, 0.3) is 11.3 Å². The van der Waals surface area contributed by atoms with E-state index in [1.54, 1.807) is 31.2 Å². The molecule has 0 spiro atoms. The summed E-state index contributed by atoms with van der Waals surface area (Å²) in [6, 6.07) is 7.67. The van der Waals surface area contributed by atoms with Gasteiger partial charge >= 0.3 is 0 Å². The lowest BCUT2D eigenvalue weighted by Crippen LogP contribution is -2.47. The molecule has 4 N–H and O–H groups in total. The number of hydroxylamine groups is 2. The molecule has 2 aromatic rings. The molecule has 1 aromatic heterocycles. The second-order valence-electron chi connectivity index (χ2n) is 11.2. The molecular weight excluding hydrogens is 564 g/mol. The molecule has 0 radical (unpaired) electrons. The van der Waals surface area contributed by atoms with E-state index in [0.29, 0.717) is 53.6 Å². The second kappa shape index (κ2) is 18.7. The molecule has 0 saturated carbocycles. The summed E-state index contributed by atoms with van der Waals surface area (Å²) < 4.78 is 11.5. The number of ether oxygens (including phenoxy) is 1. The van der Waals surface area contributed by atoms with E-state index < -0.39 is 17.9 Å². The third-order valence-electron chi connectivity index (χ3n) is 7.61. The molecule has 0 fully saturated rings. The van der Waals surface area contributed by atoms with Crippen molar-refractivity contribution in [1.82, 2.24) is 21.0 Å². The number of hydrogen-bond donors (Lipinski definition) is 4. The SMILES string of the molecule is CCCCCC(C(=O)NCNC(=O)c1ccc(-c2cc(OCC)cc(C(=O)NC(CCC)C(C)C)c2)o1)[C@@H](CC)N(O)C=O. The topological polar surface area (TPSA) is 150 Å². The smallest absolute Gasteiger partial charge is 0.288 e. The highest BCUT2D eigenvalue weighted by atomic mass is 16.5. The molecule has 3 atom stereocenters. The highest BCUT2D eigenvalue weighted by molar-refractivity contribution is 5.96. The van der Waals surface area contributed by atoms with Crippen LogP contribution >= 0.6 is 0 Å². The first-order valence-corrected chi connectivity index (χ1v) is 15.8. The van der Waals surface area contributed by atoms with Gasteiger partial charge in [0.15, 0.2) is 5.76 Å². The number of unbranched alkanes of at least 4 members (excludes halogenated alkanes) is 2. The standard InChI is InChI=1S/C33H50N4O7/c1-7-11-12-14-26(28(9-3)37(42)21-38)32(40)34-20-35-33(41)30-16-15-29(44-30)23-17-24(19-25(18-23)43-10-4)31(39)36-27(13-8-2)22(5)6/h15-19,21-22,26-28,42H,7-14,20H2,1-6H3,(H,34,40)(H,35,41)(H,36,39)/t26?,27?,28-/m1/s1. The Morgan fingerprint density at radius 2 is 1.73 bits per heavy atom. The summed E-state index contributed by atoms with van der Waals surface area (Å²) in [6.07, 6.45) is 5.67. The maximum atomic E-state index is 13.2. The fourth-order valence-electron chi connectivity index (χ4n) is 5.15. The van der Waals surface area contributed by atoms with Gasteiger partial charge in [0.05, 0.1) is 25.2 Å². The molecule has 1 aromatic carbocycles. The Hall–Kier alpha value is -3.86. The Morgan fingerprint density at radius 3 is 2.34 bits per heavy atom. The first-order valence-electron chi connectivity index (χ1n) is 15.8. The van der Waals surface area contributed by atoms with Gasteiger partial charge in [-0.25, -0.2) is 5.06 Å². The van der Waals surface area contributed by atoms with Crippen molar-refractivity contribution in [3.63, 3.8) is 0 Å². The molecule has 0 bridgehead atoms. The van der Waals surface area contributed by atoms with Crippen molar-refractivity contribution in [2.24, 2.45) is 11.8 Å². The van der Waals surface area contributed by atoms with Crippen LogP contribution in [0.4, 0.5) is 0 Å². The monoisotopic (exact) mass is 614 g/mol. The highest BCUT2D eigenvalue weighted by Gasteiger charge is 2.30. The van der Waals surface area contributed by atoms with E-state index in [1.165, 1.54) is 6.07 Å². The number of amides is 4. The van der Waals surface area contributed by atoms with Gasteiger partial charge in [-0.1, -0.05) is 60.3 Å². The number of nitrogens with zero attached hydrogens (tertiary/aromatic N) is 1. The van der Waals surface area contributed by atoms with Gasteiger partial charge in [0.1, 0.15) is 11.5 Å². The summed E-state index contributed by atoms with van der Waals surface area (Å²) in [6.45, 7) is 12.2. The molecule has 244 valence electrons. The zero-order valence-corrected chi connectivity index (χ0v) is 27.0. The maximum absolute atomic E-state index is 13.2. The number of rotatable bonds is 20. The number of hydrogen-bond acceptors (Lipinski definition) is 7. The molecule has 0 aliphatic rings. The van der Waals surface area contributed by atoms with Gasteiger partial charge in [0.2, 0.25) is 12.3 Å². The first-order chi connectivity index (χ1) is 21.1. The summed E-state index contributed by atoms with van der Waals surface area (Å²) in [4.78, 5) is 50.2. The second-order valence-corrected chi connectivity index (χ2v) is 11.2. The van der Waals surface area contributed by atoms with Crippen LogP contribution < -0.4 is 20.7 Å². The third-order valence-corrected chi connectivity index (χ3v) is 7.61. The summed E-state index contributed by atoms with van der Waals surface area (Å²) >= 11 is 0. The van der Waals surface area contributed by atoms with Crippen LogP contribution in [-0.4, -0.2) is 59.8 Å². The highest BCUT2D eigenvalue weighted by Crippen LogP contribution is 2.28. The first kappa shape index (κ1) is 36.3. The van der Waals surface area contributed by atoms with Crippen molar-refractivity contribution in [3.8, 4) is 17.1 Å². The molecule has 0 aliphatic heterocycles. The van der Waals surface area contributed by atoms with Gasteiger partial charge in [-0.3, -0.25) is 24.4 Å². The zero-order valence-electron chi connectivity index (χ0n) is 27.0. The predicted octanol–water partition coefficient (Wildman–Crippen LogP) is 5.53. The fraction of sp³-hybridized carbons (Fsp3) is 0.576. The zero-order chi connectivity index (χ0) is 32.6. The van der Waals surface area contributed by atoms with Crippen LogP contribution in [-0.2, 0) is 9.59 Å². The Morgan fingerprint density at radius 1 is 0.977 bits per heavy atom. The van der Waals surface area contributed by atoms with Crippen molar-refractivity contribution in [2.75, 3.05) is 13.3 Å². The van der Waals surface area contributed by atoms with Crippen LogP contribution in [0, 0.1) is 11.8 Å². The number of nitrogens with one attached hydrogen (secondary N) is 3. The van der Waals surface area contributed by atoms with E-state index in [0.717, 1.165) is 32.1 Å². The van der Waals surface area contributed by atoms with Crippen LogP contribution in [0.3, 0.4) is 0 Å². The molecule has 0 saturated heterocycles. The molecule has 1 heterocycles. The van der Waals surface area contributed by atoms with Crippen molar-refractivity contribution in [3.05, 3.63) is 41.7 Å². The Kier molecular flexibility index (Phi) is 15.5. The lowest BCUT2D eigenvalue weighted by molar-refractivity contribution is -0.168. The van der Waals surface area contributed by atoms with Crippen molar-refractivity contribution >= 4 is 24.1 Å². The molecule has 0 aliphatic carbocycles. The van der Waals surface area contributed by atoms with E-state index in [-0.39, 0.29) is 36.2 Å². The van der Waals surface area contributed by atoms with E-state index in [2.05, 4.69) is 36.7 Å². The predicted molar refractivity (Wildman–Crippen MR) is 168 cm³/mol. The number of carbonyl (C=O) groups is 4. The summed E-state index contributed by atoms with van der Waals surface area (Å²) in [5.74, 6) is -0.559. The molecule has 2 unspecified atom stereocenters. The summed E-state index contributed by atoms with van der Waals surface area (Å²) in [5.41, 5.74) is 1.00. The minimum Gasteiger partial charge on any atom is -0.494 e. The minimum absolute atomic E-state index is 0.0262. The van der Waals surface area contributed by atoms with Crippen LogP contribution in [0.2, 0.25) is 0 Å². The normalized spacial score (nSPS) is 13.1. The number of furan rings is 1. The van der Waals surface area contributed by atoms with E-state index >= 15 is 0 Å². The molecule has 11 nitrogen and oxygen atoms in total. The lowest BCUT2D eigenvalue weighted by atomic mass is 9.90. The molecule has 2 rings (SSSR count). The third kappa shape index (κ3) is 10.7. The van der Waals surface area contributed by atoms with Crippen LogP contribution in [0.1, 0.15) is 107 Å². The molecule has 44 heavy (non-hydrogen) atoms. The minimum atomic E-state index is -0.671. The summed E-state index contributed by atoms with van der Waals surface area (Å²) in [7, 11) is 0. The van der Waals surface area contributed by atoms with Gasteiger partial charge in [-0.05, 0) is 62.4 Å². The van der Waals surface area contributed by atoms with E-state index in [4.69, 9.17) is 9.15 Å². The Labute approximate surface area is 261 Å². The maximum Gasteiger partial charge on any atom is 0.288 e. The van der Waals surface area contributed by atoms with Crippen molar-refractivity contribution in [1.29, 1.82) is 0 Å². The van der Waals surface area contributed by atoms with Gasteiger partial charge in [-0.15, -0.1) is 0 Å². The van der Waals surface area contributed by atoms with Crippen molar-refractivity contribution in [2.45, 2.75) is 98.6 Å². The van der Waals surface area contributed by atoms with Gasteiger partial charge in [0.25, 0.3) is 11.8 Å². The average Bonchev–Trinajstić information content (AvgIpc) is 3.51. The molecule has 11 heteroatoms. The fourth-order valence-corrected chi connectivity index (χ4v) is 5.15. The Bertz CT molecular complexity index is 1210. The van der Waals surface area contributed by atoms with E-state index in [1.807, 2.05) is 13.8 Å². The largest absolute Gasteiger partial charge is 0.494 e. The van der Waals surface area contributed by atoms with Crippen molar-refractivity contribution < 1.29 is 33.5 Å². The van der Waals surface area contributed by atoms with Gasteiger partial charge < -0.3 is 25.1 Å². The lowest BCUT2D eigenvalue weighted by Gasteiger charge is -2.29. The average molecular weight is 615 g/mol. The van der Waals surface area contributed by atoms with Gasteiger partial charge in [0, 0.05) is 17.2 Å². The number of carbonyl (C=O) groups excluding carboxylic acids is 4. The van der Waals surface area contributed by atoms with Gasteiger partial charge in [-0.2, -0.15) is 0 Å². The summed E-state index contributed by atoms with van der Waals surface area (Å²) in [5, 5.41) is 19.0. The Balaban J connectivity index is 2.14. The van der Waals surface area contributed by atoms with Crippen LogP contribution in [0.15, 0.2) is 34.7 Å². The molecular formula is C33H50N4O7. The van der Waals surface area contributed by atoms with Crippen LogP contribution in [0.5, 0.6) is 5.75 Å². The quantitative estimate of drug-likeness (QED) is 0.0504. The number of benzene rings is 1. The molecule has 4 amide bonds.